The van der Waals surface area contributed by atoms with Crippen molar-refractivity contribution in [2.24, 2.45) is 0 Å². The summed E-state index contributed by atoms with van der Waals surface area (Å²) in [4.78, 5) is 16.8. The fraction of sp³-hybridized carbons (Fsp3) is 0.643. The molecule has 0 fully saturated rings. The van der Waals surface area contributed by atoms with E-state index in [0.29, 0.717) is 12.4 Å². The predicted octanol–water partition coefficient (Wildman–Crippen LogP) is 2.39. The van der Waals surface area contributed by atoms with Crippen LogP contribution in [0.25, 0.3) is 11.2 Å². The van der Waals surface area contributed by atoms with Crippen LogP contribution in [0.15, 0.2) is 0 Å². The summed E-state index contributed by atoms with van der Waals surface area (Å²) < 4.78 is 3.77. The number of imidazole rings is 1. The molecule has 116 valence electrons. The standard InChI is InChI=1S/C14H22ClN5O/c1-5-7-16-13(21)10(4)20-11(8-15)17-12-9(3)18-19(6-2)14(12)20/h10H,5-8H2,1-4H3,(H,16,21). The fourth-order valence-electron chi connectivity index (χ4n) is 2.47. The van der Waals surface area contributed by atoms with Crippen LogP contribution in [0.2, 0.25) is 0 Å². The van der Waals surface area contributed by atoms with Crippen LogP contribution in [0.4, 0.5) is 0 Å². The van der Waals surface area contributed by atoms with Gasteiger partial charge in [-0.2, -0.15) is 5.10 Å². The molecular weight excluding hydrogens is 290 g/mol. The van der Waals surface area contributed by atoms with Crippen molar-refractivity contribution in [3.63, 3.8) is 0 Å². The van der Waals surface area contributed by atoms with Gasteiger partial charge in [-0.15, -0.1) is 11.6 Å². The fourth-order valence-corrected chi connectivity index (χ4v) is 2.66. The summed E-state index contributed by atoms with van der Waals surface area (Å²) in [7, 11) is 0. The molecule has 1 atom stereocenters. The Morgan fingerprint density at radius 3 is 2.71 bits per heavy atom. The number of fused-ring (bicyclic) bond motifs is 1. The molecule has 0 aliphatic rings. The van der Waals surface area contributed by atoms with E-state index in [1.54, 1.807) is 0 Å². The number of hydrogen-bond donors (Lipinski definition) is 1. The normalized spacial score (nSPS) is 12.8. The average Bonchev–Trinajstić information content (AvgIpc) is 3.01. The van der Waals surface area contributed by atoms with Gasteiger partial charge in [-0.05, 0) is 27.2 Å². The molecule has 2 rings (SSSR count). The van der Waals surface area contributed by atoms with E-state index in [4.69, 9.17) is 11.6 Å². The number of carbonyl (C=O) groups is 1. The van der Waals surface area contributed by atoms with Gasteiger partial charge in [0.05, 0.1) is 11.6 Å². The molecule has 1 N–H and O–H groups in total. The first-order valence-corrected chi connectivity index (χ1v) is 7.86. The predicted molar refractivity (Wildman–Crippen MR) is 83.5 cm³/mol. The molecule has 7 heteroatoms. The maximum atomic E-state index is 12.3. The van der Waals surface area contributed by atoms with E-state index in [-0.39, 0.29) is 17.8 Å². The van der Waals surface area contributed by atoms with Gasteiger partial charge in [0, 0.05) is 13.1 Å². The van der Waals surface area contributed by atoms with Crippen LogP contribution < -0.4 is 5.32 Å². The molecule has 1 amide bonds. The van der Waals surface area contributed by atoms with E-state index in [0.717, 1.165) is 29.8 Å². The minimum absolute atomic E-state index is 0.0241. The van der Waals surface area contributed by atoms with E-state index < -0.39 is 0 Å². The van der Waals surface area contributed by atoms with Gasteiger partial charge in [0.2, 0.25) is 5.91 Å². The van der Waals surface area contributed by atoms with Crippen molar-refractivity contribution in [2.75, 3.05) is 6.54 Å². The van der Waals surface area contributed by atoms with Gasteiger partial charge in [0.25, 0.3) is 0 Å². The number of nitrogens with one attached hydrogen (secondary N) is 1. The van der Waals surface area contributed by atoms with Crippen molar-refractivity contribution >= 4 is 28.7 Å². The smallest absolute Gasteiger partial charge is 0.242 e. The zero-order valence-corrected chi connectivity index (χ0v) is 13.7. The quantitative estimate of drug-likeness (QED) is 0.833. The summed E-state index contributed by atoms with van der Waals surface area (Å²) in [5, 5.41) is 7.39. The maximum absolute atomic E-state index is 12.3. The number of halogens is 1. The Kier molecular flexibility index (Phi) is 4.88. The highest BCUT2D eigenvalue weighted by atomic mass is 35.5. The monoisotopic (exact) mass is 311 g/mol. The molecular formula is C14H22ClN5O. The van der Waals surface area contributed by atoms with Crippen molar-refractivity contribution in [3.8, 4) is 0 Å². The molecule has 0 spiro atoms. The third-order valence-electron chi connectivity index (χ3n) is 3.55. The van der Waals surface area contributed by atoms with Crippen LogP contribution in [0.5, 0.6) is 0 Å². The van der Waals surface area contributed by atoms with Crippen molar-refractivity contribution in [1.82, 2.24) is 24.6 Å². The van der Waals surface area contributed by atoms with Gasteiger partial charge < -0.3 is 5.32 Å². The Morgan fingerprint density at radius 2 is 2.14 bits per heavy atom. The van der Waals surface area contributed by atoms with E-state index in [9.17, 15) is 4.79 Å². The van der Waals surface area contributed by atoms with Gasteiger partial charge in [-0.25, -0.2) is 9.67 Å². The minimum atomic E-state index is -0.364. The van der Waals surface area contributed by atoms with Gasteiger partial charge in [-0.1, -0.05) is 6.92 Å². The zero-order chi connectivity index (χ0) is 15.6. The lowest BCUT2D eigenvalue weighted by Gasteiger charge is -2.17. The minimum Gasteiger partial charge on any atom is -0.354 e. The van der Waals surface area contributed by atoms with E-state index in [2.05, 4.69) is 15.4 Å². The molecule has 0 radical (unpaired) electrons. The number of rotatable bonds is 6. The maximum Gasteiger partial charge on any atom is 0.242 e. The molecule has 21 heavy (non-hydrogen) atoms. The van der Waals surface area contributed by atoms with Crippen LogP contribution in [-0.2, 0) is 17.2 Å². The molecule has 0 aliphatic heterocycles. The number of amides is 1. The summed E-state index contributed by atoms with van der Waals surface area (Å²) in [5.41, 5.74) is 2.55. The second-order valence-electron chi connectivity index (χ2n) is 5.07. The molecule has 1 unspecified atom stereocenters. The molecule has 2 aromatic heterocycles. The highest BCUT2D eigenvalue weighted by molar-refractivity contribution is 6.16. The molecule has 0 aliphatic carbocycles. The summed E-state index contributed by atoms with van der Waals surface area (Å²) in [6.45, 7) is 9.23. The summed E-state index contributed by atoms with van der Waals surface area (Å²) in [6, 6.07) is -0.364. The highest BCUT2D eigenvalue weighted by Gasteiger charge is 2.24. The Balaban J connectivity index is 2.52. The molecule has 2 heterocycles. The molecule has 0 saturated carbocycles. The Morgan fingerprint density at radius 1 is 1.43 bits per heavy atom. The topological polar surface area (TPSA) is 64.7 Å². The first kappa shape index (κ1) is 15.8. The van der Waals surface area contributed by atoms with Crippen LogP contribution in [0.1, 0.15) is 44.8 Å². The SMILES string of the molecule is CCCNC(=O)C(C)n1c(CCl)nc2c(C)nn(CC)c21. The van der Waals surface area contributed by atoms with E-state index in [1.165, 1.54) is 0 Å². The Labute approximate surface area is 129 Å². The number of alkyl halides is 1. The third kappa shape index (κ3) is 2.77. The van der Waals surface area contributed by atoms with Crippen LogP contribution in [-0.4, -0.2) is 31.8 Å². The van der Waals surface area contributed by atoms with E-state index >= 15 is 0 Å². The molecule has 6 nitrogen and oxygen atoms in total. The molecule has 0 aromatic carbocycles. The lowest BCUT2D eigenvalue weighted by Crippen LogP contribution is -2.32. The van der Waals surface area contributed by atoms with Crippen LogP contribution in [0.3, 0.4) is 0 Å². The largest absolute Gasteiger partial charge is 0.354 e. The lowest BCUT2D eigenvalue weighted by atomic mass is 10.3. The number of aryl methyl sites for hydroxylation is 2. The number of aromatic nitrogens is 4. The highest BCUT2D eigenvalue weighted by Crippen LogP contribution is 2.25. The summed E-state index contributed by atoms with van der Waals surface area (Å²) in [6.07, 6.45) is 0.909. The third-order valence-corrected chi connectivity index (χ3v) is 3.79. The second kappa shape index (κ2) is 6.47. The molecule has 0 bridgehead atoms. The first-order chi connectivity index (χ1) is 10.0. The first-order valence-electron chi connectivity index (χ1n) is 7.32. The Hall–Kier alpha value is -1.56. The molecule has 2 aromatic rings. The molecule has 0 saturated heterocycles. The Bertz CT molecular complexity index is 645. The van der Waals surface area contributed by atoms with Gasteiger partial charge in [0.1, 0.15) is 17.4 Å². The van der Waals surface area contributed by atoms with Gasteiger partial charge in [-0.3, -0.25) is 9.36 Å². The zero-order valence-electron chi connectivity index (χ0n) is 13.0. The summed E-state index contributed by atoms with van der Waals surface area (Å²) in [5.74, 6) is 0.945. The van der Waals surface area contributed by atoms with Crippen LogP contribution >= 0.6 is 11.6 Å². The van der Waals surface area contributed by atoms with Gasteiger partial charge in [0.15, 0.2) is 5.65 Å². The summed E-state index contributed by atoms with van der Waals surface area (Å²) >= 11 is 6.02. The second-order valence-corrected chi connectivity index (χ2v) is 5.34. The van der Waals surface area contributed by atoms with Crippen LogP contribution in [0, 0.1) is 6.92 Å². The van der Waals surface area contributed by atoms with Crippen molar-refractivity contribution in [2.45, 2.75) is 52.6 Å². The lowest BCUT2D eigenvalue weighted by molar-refractivity contribution is -0.123. The number of hydrogen-bond acceptors (Lipinski definition) is 3. The van der Waals surface area contributed by atoms with Crippen molar-refractivity contribution < 1.29 is 4.79 Å². The average molecular weight is 312 g/mol. The number of carbonyl (C=O) groups excluding carboxylic acids is 1. The van der Waals surface area contributed by atoms with Crippen molar-refractivity contribution in [3.05, 3.63) is 11.5 Å². The van der Waals surface area contributed by atoms with Gasteiger partial charge >= 0.3 is 0 Å². The van der Waals surface area contributed by atoms with E-state index in [1.807, 2.05) is 36.9 Å². The number of nitrogens with zero attached hydrogens (tertiary/aromatic N) is 4. The van der Waals surface area contributed by atoms with Crippen molar-refractivity contribution in [1.29, 1.82) is 0 Å².